The second-order valence-corrected chi connectivity index (χ2v) is 10.1. The summed E-state index contributed by atoms with van der Waals surface area (Å²) in [6.45, 7) is 2.80. The smallest absolute Gasteiger partial charge is 0.276 e. The van der Waals surface area contributed by atoms with E-state index in [1.54, 1.807) is 4.68 Å². The number of carbonyl (C=O) groups excluding carboxylic acids is 1. The predicted molar refractivity (Wildman–Crippen MR) is 111 cm³/mol. The van der Waals surface area contributed by atoms with Gasteiger partial charge in [0, 0.05) is 17.3 Å². The summed E-state index contributed by atoms with van der Waals surface area (Å²) in [4.78, 5) is 12.7. The molecule has 156 valence electrons. The fourth-order valence-electron chi connectivity index (χ4n) is 3.63. The quantitative estimate of drug-likeness (QED) is 0.664. The number of benzene rings is 1. The van der Waals surface area contributed by atoms with Crippen molar-refractivity contribution in [2.24, 2.45) is 0 Å². The molecule has 2 fully saturated rings. The maximum Gasteiger partial charge on any atom is 0.276 e. The Morgan fingerprint density at radius 3 is 2.62 bits per heavy atom. The van der Waals surface area contributed by atoms with Crippen LogP contribution in [0, 0.1) is 0 Å². The summed E-state index contributed by atoms with van der Waals surface area (Å²) in [5.41, 5.74) is 1.99. The largest absolute Gasteiger partial charge is 0.494 e. The minimum Gasteiger partial charge on any atom is -0.494 e. The molecule has 8 heteroatoms. The molecule has 1 atom stereocenters. The molecule has 7 nitrogen and oxygen atoms in total. The molecule has 0 bridgehead atoms. The summed E-state index contributed by atoms with van der Waals surface area (Å²) >= 11 is 0. The van der Waals surface area contributed by atoms with Crippen molar-refractivity contribution in [1.29, 1.82) is 0 Å². The van der Waals surface area contributed by atoms with Crippen LogP contribution in [0.15, 0.2) is 30.3 Å². The SMILES string of the molecule is CCCCOc1ccc(NC(=O)c2cc(C3CC3)n(C3CCS(=O)(=O)C3)n2)cc1. The molecule has 1 saturated heterocycles. The van der Waals surface area contributed by atoms with Crippen LogP contribution >= 0.6 is 0 Å². The molecule has 1 aliphatic carbocycles. The summed E-state index contributed by atoms with van der Waals surface area (Å²) in [6, 6.07) is 8.94. The highest BCUT2D eigenvalue weighted by Crippen LogP contribution is 2.42. The average molecular weight is 418 g/mol. The number of nitrogens with zero attached hydrogens (tertiary/aromatic N) is 2. The van der Waals surface area contributed by atoms with Gasteiger partial charge in [0.05, 0.1) is 24.2 Å². The van der Waals surface area contributed by atoms with Crippen LogP contribution in [-0.4, -0.2) is 42.2 Å². The van der Waals surface area contributed by atoms with Crippen molar-refractivity contribution in [1.82, 2.24) is 9.78 Å². The zero-order valence-electron chi connectivity index (χ0n) is 16.6. The van der Waals surface area contributed by atoms with Crippen molar-refractivity contribution in [3.8, 4) is 5.75 Å². The predicted octanol–water partition coefficient (Wildman–Crippen LogP) is 3.55. The van der Waals surface area contributed by atoms with E-state index >= 15 is 0 Å². The highest BCUT2D eigenvalue weighted by Gasteiger charge is 2.36. The zero-order chi connectivity index (χ0) is 20.4. The number of carbonyl (C=O) groups is 1. The number of hydrogen-bond donors (Lipinski definition) is 1. The van der Waals surface area contributed by atoms with Gasteiger partial charge in [0.25, 0.3) is 5.91 Å². The van der Waals surface area contributed by atoms with Gasteiger partial charge in [-0.1, -0.05) is 13.3 Å². The van der Waals surface area contributed by atoms with Crippen LogP contribution in [0.3, 0.4) is 0 Å². The van der Waals surface area contributed by atoms with Crippen molar-refractivity contribution in [3.05, 3.63) is 41.7 Å². The van der Waals surface area contributed by atoms with Crippen molar-refractivity contribution in [2.45, 2.75) is 51.0 Å². The summed E-state index contributed by atoms with van der Waals surface area (Å²) in [7, 11) is -3.01. The first-order valence-electron chi connectivity index (χ1n) is 10.3. The number of ether oxygens (including phenoxy) is 1. The highest BCUT2D eigenvalue weighted by atomic mass is 32.2. The van der Waals surface area contributed by atoms with Crippen LogP contribution < -0.4 is 10.1 Å². The number of anilines is 1. The minimum absolute atomic E-state index is 0.106. The van der Waals surface area contributed by atoms with E-state index < -0.39 is 9.84 Å². The van der Waals surface area contributed by atoms with Gasteiger partial charge in [0.2, 0.25) is 0 Å². The molecule has 2 aromatic rings. The summed E-state index contributed by atoms with van der Waals surface area (Å²) in [5, 5.41) is 7.37. The lowest BCUT2D eigenvalue weighted by atomic mass is 10.2. The number of hydrogen-bond acceptors (Lipinski definition) is 5. The maximum atomic E-state index is 12.7. The van der Waals surface area contributed by atoms with Crippen LogP contribution in [-0.2, 0) is 9.84 Å². The topological polar surface area (TPSA) is 90.3 Å². The molecule has 1 amide bonds. The van der Waals surface area contributed by atoms with E-state index in [1.165, 1.54) is 0 Å². The number of unbranched alkanes of at least 4 members (excludes halogenated alkanes) is 1. The van der Waals surface area contributed by atoms with Gasteiger partial charge in [-0.15, -0.1) is 0 Å². The third-order valence-electron chi connectivity index (χ3n) is 5.43. The first kappa shape index (κ1) is 19.9. The Morgan fingerprint density at radius 1 is 1.24 bits per heavy atom. The molecule has 29 heavy (non-hydrogen) atoms. The second kappa shape index (κ2) is 8.18. The monoisotopic (exact) mass is 417 g/mol. The molecule has 2 aliphatic rings. The summed E-state index contributed by atoms with van der Waals surface area (Å²) in [6.07, 6.45) is 4.77. The summed E-state index contributed by atoms with van der Waals surface area (Å²) in [5.74, 6) is 1.17. The molecule has 2 heterocycles. The van der Waals surface area contributed by atoms with Gasteiger partial charge in [0.1, 0.15) is 5.75 Å². The third kappa shape index (κ3) is 4.80. The number of sulfone groups is 1. The standard InChI is InChI=1S/C21H27N3O4S/c1-2-3-11-28-18-8-6-16(7-9-18)22-21(25)19-13-20(15-4-5-15)24(23-19)17-10-12-29(26,27)14-17/h6-9,13,15,17H,2-5,10-12,14H2,1H3,(H,22,25). The van der Waals surface area contributed by atoms with Crippen LogP contribution in [0.5, 0.6) is 5.75 Å². The van der Waals surface area contributed by atoms with E-state index in [0.29, 0.717) is 30.3 Å². The van der Waals surface area contributed by atoms with Crippen molar-refractivity contribution < 1.29 is 17.9 Å². The third-order valence-corrected chi connectivity index (χ3v) is 7.18. The lowest BCUT2D eigenvalue weighted by Gasteiger charge is -2.12. The zero-order valence-corrected chi connectivity index (χ0v) is 17.5. The Labute approximate surface area is 171 Å². The molecule has 1 N–H and O–H groups in total. The minimum atomic E-state index is -3.01. The van der Waals surface area contributed by atoms with E-state index in [2.05, 4.69) is 17.3 Å². The normalized spacial score (nSPS) is 20.5. The van der Waals surface area contributed by atoms with Crippen LogP contribution in [0.4, 0.5) is 5.69 Å². The fraction of sp³-hybridized carbons (Fsp3) is 0.524. The van der Waals surface area contributed by atoms with E-state index in [9.17, 15) is 13.2 Å². The van der Waals surface area contributed by atoms with Gasteiger partial charge >= 0.3 is 0 Å². The molecular formula is C21H27N3O4S. The Balaban J connectivity index is 1.45. The lowest BCUT2D eigenvalue weighted by Crippen LogP contribution is -2.17. The van der Waals surface area contributed by atoms with Crippen LogP contribution in [0.2, 0.25) is 0 Å². The van der Waals surface area contributed by atoms with E-state index in [-0.39, 0.29) is 23.5 Å². The highest BCUT2D eigenvalue weighted by molar-refractivity contribution is 7.91. The van der Waals surface area contributed by atoms with Crippen LogP contribution in [0.25, 0.3) is 0 Å². The number of aromatic nitrogens is 2. The van der Waals surface area contributed by atoms with Gasteiger partial charge in [-0.05, 0) is 56.0 Å². The molecule has 4 rings (SSSR count). The Bertz CT molecular complexity index is 978. The Hall–Kier alpha value is -2.35. The number of nitrogens with one attached hydrogen (secondary N) is 1. The van der Waals surface area contributed by atoms with Gasteiger partial charge in [-0.25, -0.2) is 8.42 Å². The Morgan fingerprint density at radius 2 is 2.00 bits per heavy atom. The molecule has 0 radical (unpaired) electrons. The van der Waals surface area contributed by atoms with Crippen molar-refractivity contribution >= 4 is 21.4 Å². The second-order valence-electron chi connectivity index (χ2n) is 7.91. The molecule has 1 aliphatic heterocycles. The molecule has 1 aromatic heterocycles. The maximum absolute atomic E-state index is 12.7. The number of amides is 1. The van der Waals surface area contributed by atoms with Gasteiger partial charge in [-0.3, -0.25) is 9.48 Å². The summed E-state index contributed by atoms with van der Waals surface area (Å²) < 4.78 is 31.2. The van der Waals surface area contributed by atoms with Crippen molar-refractivity contribution in [2.75, 3.05) is 23.4 Å². The first-order chi connectivity index (χ1) is 13.9. The molecule has 1 unspecified atom stereocenters. The number of rotatable bonds is 8. The van der Waals surface area contributed by atoms with Crippen LogP contribution in [0.1, 0.15) is 67.2 Å². The van der Waals surface area contributed by atoms with Gasteiger partial charge < -0.3 is 10.1 Å². The molecular weight excluding hydrogens is 390 g/mol. The van der Waals surface area contributed by atoms with Crippen molar-refractivity contribution in [3.63, 3.8) is 0 Å². The fourth-order valence-corrected chi connectivity index (χ4v) is 5.32. The first-order valence-corrected chi connectivity index (χ1v) is 12.1. The molecule has 1 aromatic carbocycles. The molecule has 1 saturated carbocycles. The lowest BCUT2D eigenvalue weighted by molar-refractivity contribution is 0.102. The Kier molecular flexibility index (Phi) is 5.63. The van der Waals surface area contributed by atoms with E-state index in [0.717, 1.165) is 37.1 Å². The van der Waals surface area contributed by atoms with E-state index in [4.69, 9.17) is 4.74 Å². The van der Waals surface area contributed by atoms with Gasteiger partial charge in [0.15, 0.2) is 15.5 Å². The van der Waals surface area contributed by atoms with Gasteiger partial charge in [-0.2, -0.15) is 5.10 Å². The molecule has 0 spiro atoms. The van der Waals surface area contributed by atoms with E-state index in [1.807, 2.05) is 30.3 Å². The average Bonchev–Trinajstić information content (AvgIpc) is 3.34.